The Morgan fingerprint density at radius 2 is 1.79 bits per heavy atom. The molecule has 0 saturated carbocycles. The van der Waals surface area contributed by atoms with Crippen molar-refractivity contribution in [1.82, 2.24) is 14.6 Å². The maximum atomic E-state index is 12.7. The van der Waals surface area contributed by atoms with Gasteiger partial charge in [-0.25, -0.2) is 14.4 Å². The number of aromatic nitrogens is 2. The van der Waals surface area contributed by atoms with E-state index in [1.165, 1.54) is 19.0 Å². The van der Waals surface area contributed by atoms with Gasteiger partial charge in [0.15, 0.2) is 0 Å². The molecular weight excluding hydrogens is 428 g/mol. The molecule has 10 nitrogen and oxygen atoms in total. The first-order valence-corrected chi connectivity index (χ1v) is 10.1. The van der Waals surface area contributed by atoms with E-state index in [1.807, 2.05) is 0 Å². The number of carbonyl (C=O) groups is 1. The van der Waals surface area contributed by atoms with Crippen LogP contribution in [0.25, 0.3) is 5.69 Å². The highest BCUT2D eigenvalue weighted by Gasteiger charge is 2.34. The Hall–Kier alpha value is -4.34. The quantitative estimate of drug-likeness (QED) is 0.612. The smallest absolute Gasteiger partial charge is 0.335 e. The number of ether oxygens (including phenoxy) is 2. The summed E-state index contributed by atoms with van der Waals surface area (Å²) in [5, 5.41) is 16.6. The monoisotopic (exact) mass is 450 g/mol. The number of carbonyl (C=O) groups excluding carboxylic acids is 1. The number of nitrogens with zero attached hydrogens (tertiary/aromatic N) is 3. The van der Waals surface area contributed by atoms with E-state index in [2.05, 4.69) is 10.1 Å². The van der Waals surface area contributed by atoms with Crippen LogP contribution in [0, 0.1) is 0 Å². The van der Waals surface area contributed by atoms with Crippen LogP contribution < -0.4 is 20.7 Å². The lowest BCUT2D eigenvalue weighted by atomic mass is 9.99. The molecule has 0 fully saturated rings. The molecule has 0 saturated heterocycles. The number of hydrogen-bond donors (Lipinski definition) is 2. The summed E-state index contributed by atoms with van der Waals surface area (Å²) < 4.78 is 11.4. The van der Waals surface area contributed by atoms with Crippen molar-refractivity contribution < 1.29 is 19.4 Å². The Kier molecular flexibility index (Phi) is 5.74. The Morgan fingerprint density at radius 1 is 1.09 bits per heavy atom. The number of methoxy groups -OCH3 is 2. The molecule has 0 radical (unpaired) electrons. The first kappa shape index (κ1) is 21.9. The fraction of sp³-hybridized carbons (Fsp3) is 0.217. The molecule has 2 heterocycles. The number of rotatable bonds is 5. The third-order valence-electron chi connectivity index (χ3n) is 5.43. The molecule has 1 aliphatic heterocycles. The van der Waals surface area contributed by atoms with Gasteiger partial charge in [0.1, 0.15) is 17.1 Å². The van der Waals surface area contributed by atoms with Crippen LogP contribution in [-0.2, 0) is 4.79 Å². The van der Waals surface area contributed by atoms with Crippen molar-refractivity contribution in [2.75, 3.05) is 14.2 Å². The van der Waals surface area contributed by atoms with Gasteiger partial charge in [-0.1, -0.05) is 24.3 Å². The van der Waals surface area contributed by atoms with Gasteiger partial charge < -0.3 is 14.6 Å². The Balaban J connectivity index is 1.83. The fourth-order valence-corrected chi connectivity index (χ4v) is 3.86. The largest absolute Gasteiger partial charge is 0.497 e. The molecule has 2 aromatic carbocycles. The maximum absolute atomic E-state index is 12.7. The number of benzene rings is 2. The zero-order chi connectivity index (χ0) is 23.7. The molecule has 170 valence electrons. The first-order valence-electron chi connectivity index (χ1n) is 10.1. The standard InChI is InChI=1S/C23H22N4O6/c1-13(28)27-18(14-8-10-15(32-2)11-9-14)12-16(25-27)20-21(29)24-23(31)26(22(20)30)17-6-4-5-7-19(17)33-3/h4-11,18,30H,12H2,1-3H3,(H,24,29,31)/t18-/m1/s1. The number of H-pyrrole nitrogens is 1. The molecule has 0 aliphatic carbocycles. The van der Waals surface area contributed by atoms with E-state index in [1.54, 1.807) is 55.6 Å². The minimum absolute atomic E-state index is 0.159. The summed E-state index contributed by atoms with van der Waals surface area (Å²) >= 11 is 0. The third-order valence-corrected chi connectivity index (χ3v) is 5.43. The summed E-state index contributed by atoms with van der Waals surface area (Å²) in [5.74, 6) is 0.0543. The molecule has 1 aromatic heterocycles. The average molecular weight is 450 g/mol. The maximum Gasteiger partial charge on any atom is 0.335 e. The lowest BCUT2D eigenvalue weighted by Gasteiger charge is -2.20. The van der Waals surface area contributed by atoms with Crippen molar-refractivity contribution in [1.29, 1.82) is 0 Å². The molecular formula is C23H22N4O6. The number of hydrazone groups is 1. The number of amides is 1. The van der Waals surface area contributed by atoms with Crippen molar-refractivity contribution in [3.8, 4) is 23.1 Å². The third kappa shape index (κ3) is 3.86. The lowest BCUT2D eigenvalue weighted by molar-refractivity contribution is -0.130. The van der Waals surface area contributed by atoms with E-state index in [0.29, 0.717) is 11.5 Å². The second-order valence-corrected chi connectivity index (χ2v) is 7.37. The Morgan fingerprint density at radius 3 is 2.42 bits per heavy atom. The van der Waals surface area contributed by atoms with Gasteiger partial charge in [0.05, 0.1) is 31.7 Å². The van der Waals surface area contributed by atoms with Crippen molar-refractivity contribution in [3.63, 3.8) is 0 Å². The normalized spacial score (nSPS) is 15.3. The first-order chi connectivity index (χ1) is 15.8. The van der Waals surface area contributed by atoms with Gasteiger partial charge in [-0.3, -0.25) is 14.6 Å². The van der Waals surface area contributed by atoms with E-state index in [4.69, 9.17) is 9.47 Å². The van der Waals surface area contributed by atoms with Gasteiger partial charge in [-0.05, 0) is 29.8 Å². The Bertz CT molecular complexity index is 1360. The minimum atomic E-state index is -0.834. The molecule has 3 aromatic rings. The number of aromatic hydroxyl groups is 1. The predicted molar refractivity (Wildman–Crippen MR) is 120 cm³/mol. The van der Waals surface area contributed by atoms with Gasteiger partial charge in [-0.2, -0.15) is 5.10 Å². The number of hydrogen-bond acceptors (Lipinski definition) is 7. The number of para-hydroxylation sites is 2. The van der Waals surface area contributed by atoms with Gasteiger partial charge >= 0.3 is 5.69 Å². The molecule has 0 bridgehead atoms. The zero-order valence-electron chi connectivity index (χ0n) is 18.2. The molecule has 2 N–H and O–H groups in total. The van der Waals surface area contributed by atoms with Gasteiger partial charge in [0, 0.05) is 13.3 Å². The van der Waals surface area contributed by atoms with Crippen molar-refractivity contribution in [2.45, 2.75) is 19.4 Å². The van der Waals surface area contributed by atoms with Crippen LogP contribution in [0.4, 0.5) is 0 Å². The highest BCUT2D eigenvalue weighted by Crippen LogP contribution is 2.35. The minimum Gasteiger partial charge on any atom is -0.497 e. The molecule has 0 unspecified atom stereocenters. The molecule has 1 amide bonds. The lowest BCUT2D eigenvalue weighted by Crippen LogP contribution is -2.33. The summed E-state index contributed by atoms with van der Waals surface area (Å²) in [5.41, 5.74) is -0.635. The summed E-state index contributed by atoms with van der Waals surface area (Å²) in [6.45, 7) is 1.36. The Labute approximate surface area is 188 Å². The van der Waals surface area contributed by atoms with Crippen LogP contribution in [0.15, 0.2) is 63.2 Å². The second-order valence-electron chi connectivity index (χ2n) is 7.37. The number of nitrogens with one attached hydrogen (secondary N) is 1. The van der Waals surface area contributed by atoms with Crippen molar-refractivity contribution in [2.24, 2.45) is 5.10 Å². The van der Waals surface area contributed by atoms with E-state index >= 15 is 0 Å². The predicted octanol–water partition coefficient (Wildman–Crippen LogP) is 1.95. The molecule has 1 aliphatic rings. The van der Waals surface area contributed by atoms with Gasteiger partial charge in [0.2, 0.25) is 11.8 Å². The summed E-state index contributed by atoms with van der Waals surface area (Å²) in [4.78, 5) is 39.8. The second kappa shape index (κ2) is 8.65. The van der Waals surface area contributed by atoms with E-state index in [0.717, 1.165) is 10.1 Å². The molecule has 10 heteroatoms. The summed E-state index contributed by atoms with van der Waals surface area (Å²) in [7, 11) is 2.98. The molecule has 1 atom stereocenters. The van der Waals surface area contributed by atoms with Crippen LogP contribution in [0.3, 0.4) is 0 Å². The van der Waals surface area contributed by atoms with Gasteiger partial charge in [0.25, 0.3) is 5.56 Å². The summed E-state index contributed by atoms with van der Waals surface area (Å²) in [6, 6.07) is 13.2. The SMILES string of the molecule is COc1ccc([C@H]2CC(c3c(O)n(-c4ccccc4OC)c(=O)[nH]c3=O)=NN2C(C)=O)cc1. The van der Waals surface area contributed by atoms with E-state index < -0.39 is 23.2 Å². The van der Waals surface area contributed by atoms with E-state index in [-0.39, 0.29) is 29.3 Å². The molecule has 0 spiro atoms. The van der Waals surface area contributed by atoms with E-state index in [9.17, 15) is 19.5 Å². The van der Waals surface area contributed by atoms with Crippen LogP contribution in [0.1, 0.15) is 30.5 Å². The molecule has 33 heavy (non-hydrogen) atoms. The number of aromatic amines is 1. The highest BCUT2D eigenvalue weighted by molar-refractivity contribution is 6.04. The highest BCUT2D eigenvalue weighted by atomic mass is 16.5. The molecule has 4 rings (SSSR count). The average Bonchev–Trinajstić information content (AvgIpc) is 3.24. The zero-order valence-corrected chi connectivity index (χ0v) is 18.2. The fourth-order valence-electron chi connectivity index (χ4n) is 3.86. The van der Waals surface area contributed by atoms with Crippen molar-refractivity contribution in [3.05, 3.63) is 80.5 Å². The van der Waals surface area contributed by atoms with Crippen LogP contribution in [0.2, 0.25) is 0 Å². The summed E-state index contributed by atoms with van der Waals surface area (Å²) in [6.07, 6.45) is 0.159. The van der Waals surface area contributed by atoms with Gasteiger partial charge in [-0.15, -0.1) is 0 Å². The van der Waals surface area contributed by atoms with Crippen LogP contribution in [-0.4, -0.2) is 45.5 Å². The van der Waals surface area contributed by atoms with Crippen LogP contribution in [0.5, 0.6) is 17.4 Å². The van der Waals surface area contributed by atoms with Crippen molar-refractivity contribution >= 4 is 11.6 Å². The topological polar surface area (TPSA) is 126 Å². The van der Waals surface area contributed by atoms with Crippen LogP contribution >= 0.6 is 0 Å².